The topological polar surface area (TPSA) is 57.4 Å². The van der Waals surface area contributed by atoms with E-state index in [0.717, 1.165) is 71.9 Å². The number of para-hydroxylation sites is 4. The lowest BCUT2D eigenvalue weighted by Crippen LogP contribution is -1.96. The van der Waals surface area contributed by atoms with E-state index in [9.17, 15) is 10.5 Å². The number of benzene rings is 7. The average Bonchev–Trinajstić information content (AvgIpc) is 3.67. The first-order chi connectivity index (χ1) is 23.8. The van der Waals surface area contributed by atoms with Crippen molar-refractivity contribution in [2.24, 2.45) is 0 Å². The van der Waals surface area contributed by atoms with Crippen LogP contribution >= 0.6 is 0 Å². The minimum atomic E-state index is 0.367. The van der Waals surface area contributed by atoms with Crippen molar-refractivity contribution in [3.63, 3.8) is 0 Å². The molecule has 222 valence electrons. The highest BCUT2D eigenvalue weighted by Crippen LogP contribution is 2.46. The van der Waals surface area contributed by atoms with Crippen molar-refractivity contribution < 1.29 is 0 Å². The van der Waals surface area contributed by atoms with Gasteiger partial charge in [-0.3, -0.25) is 0 Å². The summed E-state index contributed by atoms with van der Waals surface area (Å²) in [7, 11) is 0. The maximum Gasteiger partial charge on any atom is 0.101 e. The van der Waals surface area contributed by atoms with Crippen LogP contribution in [0.4, 0.5) is 0 Å². The van der Waals surface area contributed by atoms with Gasteiger partial charge in [-0.2, -0.15) is 10.5 Å². The molecule has 4 nitrogen and oxygen atoms in total. The summed E-state index contributed by atoms with van der Waals surface area (Å²) in [5.41, 5.74) is 11.0. The third-order valence-electron chi connectivity index (χ3n) is 9.42. The zero-order valence-electron chi connectivity index (χ0n) is 25.8. The molecule has 9 rings (SSSR count). The van der Waals surface area contributed by atoms with E-state index in [1.807, 2.05) is 24.3 Å². The lowest BCUT2D eigenvalue weighted by atomic mass is 9.87. The number of nitriles is 2. The molecule has 7 aromatic carbocycles. The van der Waals surface area contributed by atoms with Crippen LogP contribution in [0.1, 0.15) is 11.1 Å². The van der Waals surface area contributed by atoms with E-state index in [0.29, 0.717) is 11.1 Å². The molecule has 0 bridgehead atoms. The summed E-state index contributed by atoms with van der Waals surface area (Å²) in [6.45, 7) is 0. The smallest absolute Gasteiger partial charge is 0.101 e. The quantitative estimate of drug-likeness (QED) is 0.199. The van der Waals surface area contributed by atoms with E-state index in [1.54, 1.807) is 6.07 Å². The molecular weight excluding hydrogens is 585 g/mol. The highest BCUT2D eigenvalue weighted by Gasteiger charge is 2.23. The molecule has 0 amide bonds. The van der Waals surface area contributed by atoms with Crippen LogP contribution in [0.3, 0.4) is 0 Å². The van der Waals surface area contributed by atoms with Crippen molar-refractivity contribution >= 4 is 43.6 Å². The molecule has 0 spiro atoms. The lowest BCUT2D eigenvalue weighted by molar-refractivity contribution is 1.18. The predicted molar refractivity (Wildman–Crippen MR) is 195 cm³/mol. The Kier molecular flexibility index (Phi) is 6.22. The summed E-state index contributed by atoms with van der Waals surface area (Å²) >= 11 is 0. The molecule has 4 heteroatoms. The summed E-state index contributed by atoms with van der Waals surface area (Å²) in [5, 5.41) is 25.0. The SMILES string of the molecule is N#Cc1cccc(-c2c(-c3ccc4c(c3)c3ccccc3n4-c3ccccc3)ccc3c2c2ccccc2n3-c2ccccc2)c1C#N. The summed E-state index contributed by atoms with van der Waals surface area (Å²) in [6.07, 6.45) is 0. The molecule has 48 heavy (non-hydrogen) atoms. The molecule has 0 unspecified atom stereocenters. The van der Waals surface area contributed by atoms with Crippen molar-refractivity contribution in [1.82, 2.24) is 9.13 Å². The highest BCUT2D eigenvalue weighted by atomic mass is 15.0. The van der Waals surface area contributed by atoms with Crippen molar-refractivity contribution in [2.45, 2.75) is 0 Å². The van der Waals surface area contributed by atoms with Crippen molar-refractivity contribution in [2.75, 3.05) is 0 Å². The number of rotatable bonds is 4. The lowest BCUT2D eigenvalue weighted by Gasteiger charge is -2.16. The molecule has 0 fully saturated rings. The van der Waals surface area contributed by atoms with Gasteiger partial charge in [0.25, 0.3) is 0 Å². The molecule has 0 radical (unpaired) electrons. The molecule has 9 aromatic rings. The van der Waals surface area contributed by atoms with E-state index in [1.165, 1.54) is 5.39 Å². The van der Waals surface area contributed by atoms with E-state index < -0.39 is 0 Å². The van der Waals surface area contributed by atoms with Crippen LogP contribution in [0, 0.1) is 22.7 Å². The Hall–Kier alpha value is -6.88. The van der Waals surface area contributed by atoms with Gasteiger partial charge in [0.05, 0.1) is 33.2 Å². The van der Waals surface area contributed by atoms with Crippen molar-refractivity contribution in [3.05, 3.63) is 169 Å². The Bertz CT molecular complexity index is 2790. The van der Waals surface area contributed by atoms with Crippen LogP contribution in [0.5, 0.6) is 0 Å². The fourth-order valence-corrected chi connectivity index (χ4v) is 7.41. The third kappa shape index (κ3) is 4.01. The normalized spacial score (nSPS) is 11.3. The highest BCUT2D eigenvalue weighted by molar-refractivity contribution is 6.20. The molecule has 0 saturated heterocycles. The van der Waals surface area contributed by atoms with Crippen LogP contribution in [-0.4, -0.2) is 9.13 Å². The molecule has 0 atom stereocenters. The Morgan fingerprint density at radius 1 is 0.417 bits per heavy atom. The van der Waals surface area contributed by atoms with E-state index in [-0.39, 0.29) is 0 Å². The molecule has 2 heterocycles. The first-order valence-corrected chi connectivity index (χ1v) is 15.9. The Balaban J connectivity index is 1.42. The molecule has 0 N–H and O–H groups in total. The molecular formula is C44H26N4. The summed E-state index contributed by atoms with van der Waals surface area (Å²) in [6, 6.07) is 59.0. The van der Waals surface area contributed by atoms with Gasteiger partial charge < -0.3 is 9.13 Å². The van der Waals surface area contributed by atoms with E-state index >= 15 is 0 Å². The Morgan fingerprint density at radius 2 is 1.00 bits per heavy atom. The standard InChI is InChI=1S/C44H26N4/c45-27-30-12-11-19-35(38(30)28-46)43-33(23-25-42-44(43)36-18-8-10-21-40(36)48(42)32-15-5-2-6-16-32)29-22-24-41-37(26-29)34-17-7-9-20-39(34)47(41)31-13-3-1-4-14-31/h1-26H. The zero-order valence-corrected chi connectivity index (χ0v) is 25.8. The first-order valence-electron chi connectivity index (χ1n) is 15.9. The fraction of sp³-hybridized carbons (Fsp3) is 0. The van der Waals surface area contributed by atoms with Crippen LogP contribution in [0.25, 0.3) is 77.2 Å². The third-order valence-corrected chi connectivity index (χ3v) is 9.42. The minimum Gasteiger partial charge on any atom is -0.309 e. The zero-order chi connectivity index (χ0) is 32.2. The van der Waals surface area contributed by atoms with Crippen LogP contribution < -0.4 is 0 Å². The Morgan fingerprint density at radius 3 is 1.69 bits per heavy atom. The van der Waals surface area contributed by atoms with Crippen molar-refractivity contribution in [3.8, 4) is 45.8 Å². The van der Waals surface area contributed by atoms with Gasteiger partial charge in [0, 0.05) is 44.0 Å². The van der Waals surface area contributed by atoms with Gasteiger partial charge in [0.2, 0.25) is 0 Å². The Labute approximate surface area is 277 Å². The van der Waals surface area contributed by atoms with E-state index in [2.05, 4.69) is 149 Å². The van der Waals surface area contributed by atoms with Gasteiger partial charge in [-0.05, 0) is 71.8 Å². The van der Waals surface area contributed by atoms with E-state index in [4.69, 9.17) is 0 Å². The second-order valence-electron chi connectivity index (χ2n) is 11.9. The fourth-order valence-electron chi connectivity index (χ4n) is 7.41. The van der Waals surface area contributed by atoms with Crippen LogP contribution in [0.15, 0.2) is 158 Å². The van der Waals surface area contributed by atoms with Crippen molar-refractivity contribution in [1.29, 1.82) is 10.5 Å². The second-order valence-corrected chi connectivity index (χ2v) is 11.9. The van der Waals surface area contributed by atoms with Gasteiger partial charge in [-0.25, -0.2) is 0 Å². The second kappa shape index (κ2) is 10.9. The minimum absolute atomic E-state index is 0.367. The molecule has 0 aliphatic carbocycles. The molecule has 0 saturated carbocycles. The van der Waals surface area contributed by atoms with Gasteiger partial charge in [-0.1, -0.05) is 97.1 Å². The molecule has 0 aliphatic heterocycles. The van der Waals surface area contributed by atoms with Gasteiger partial charge in [0.15, 0.2) is 0 Å². The molecule has 0 aliphatic rings. The number of hydrogen-bond donors (Lipinski definition) is 0. The maximum atomic E-state index is 10.5. The number of fused-ring (bicyclic) bond motifs is 6. The maximum absolute atomic E-state index is 10.5. The monoisotopic (exact) mass is 610 g/mol. The van der Waals surface area contributed by atoms with Crippen LogP contribution in [-0.2, 0) is 0 Å². The first kappa shape index (κ1) is 27.4. The predicted octanol–water partition coefficient (Wildman–Crippen LogP) is 11.0. The average molecular weight is 611 g/mol. The van der Waals surface area contributed by atoms with Gasteiger partial charge >= 0.3 is 0 Å². The summed E-state index contributed by atoms with van der Waals surface area (Å²) < 4.78 is 4.60. The van der Waals surface area contributed by atoms with Gasteiger partial charge in [-0.15, -0.1) is 0 Å². The molecule has 2 aromatic heterocycles. The summed E-state index contributed by atoms with van der Waals surface area (Å²) in [4.78, 5) is 0. The van der Waals surface area contributed by atoms with Crippen LogP contribution in [0.2, 0.25) is 0 Å². The number of aromatic nitrogens is 2. The largest absolute Gasteiger partial charge is 0.309 e. The van der Waals surface area contributed by atoms with Gasteiger partial charge in [0.1, 0.15) is 12.1 Å². The number of hydrogen-bond acceptors (Lipinski definition) is 2. The summed E-state index contributed by atoms with van der Waals surface area (Å²) in [5.74, 6) is 0. The number of nitrogens with zero attached hydrogens (tertiary/aromatic N) is 4.